The first kappa shape index (κ1) is 16.2. The molecule has 7 heteroatoms. The Hall–Kier alpha value is -2.15. The third-order valence-electron chi connectivity index (χ3n) is 2.90. The molecule has 0 aromatic heterocycles. The van der Waals surface area contributed by atoms with E-state index in [9.17, 15) is 21.6 Å². The number of benzene rings is 2. The number of rotatable bonds is 3. The maximum Gasteiger partial charge on any atom is 0.416 e. The smallest absolute Gasteiger partial charge is 0.199 e. The first-order valence-corrected chi connectivity index (χ1v) is 7.67. The van der Waals surface area contributed by atoms with Crippen molar-refractivity contribution in [2.45, 2.75) is 18.0 Å². The Balaban J connectivity index is 2.22. The molecular weight excluding hydrogens is 315 g/mol. The normalized spacial score (nSPS) is 12.7. The van der Waals surface area contributed by atoms with Crippen molar-refractivity contribution in [3.8, 4) is 0 Å². The van der Waals surface area contributed by atoms with E-state index in [-0.39, 0.29) is 10.5 Å². The van der Waals surface area contributed by atoms with Crippen LogP contribution < -0.4 is 0 Å². The summed E-state index contributed by atoms with van der Waals surface area (Å²) < 4.78 is 64.7. The summed E-state index contributed by atoms with van der Waals surface area (Å²) in [7, 11) is -3.87. The molecule has 0 aliphatic carbocycles. The van der Waals surface area contributed by atoms with Crippen LogP contribution in [0.2, 0.25) is 0 Å². The van der Waals surface area contributed by atoms with Crippen molar-refractivity contribution in [2.75, 3.05) is 0 Å². The standard InChI is InChI=1S/C15H12F3NO2S/c1-11-2-8-14(9-3-11)22(20,21)19-10-12-4-6-13(7-5-12)15(16,17)18/h2-10H,1H3/b19-10+. The van der Waals surface area contributed by atoms with Crippen LogP contribution in [0, 0.1) is 6.92 Å². The van der Waals surface area contributed by atoms with Crippen molar-refractivity contribution < 1.29 is 21.6 Å². The van der Waals surface area contributed by atoms with Crippen LogP contribution in [0.3, 0.4) is 0 Å². The number of alkyl halides is 3. The Morgan fingerprint density at radius 1 is 0.955 bits per heavy atom. The largest absolute Gasteiger partial charge is 0.416 e. The minimum absolute atomic E-state index is 0.0289. The fourth-order valence-corrected chi connectivity index (χ4v) is 2.52. The molecule has 0 heterocycles. The van der Waals surface area contributed by atoms with Crippen LogP contribution in [0.15, 0.2) is 57.8 Å². The summed E-state index contributed by atoms with van der Waals surface area (Å²) in [5.74, 6) is 0. The van der Waals surface area contributed by atoms with Gasteiger partial charge < -0.3 is 0 Å². The number of hydrogen-bond acceptors (Lipinski definition) is 2. The molecule has 2 rings (SSSR count). The summed E-state index contributed by atoms with van der Waals surface area (Å²) in [6, 6.07) is 10.2. The first-order valence-electron chi connectivity index (χ1n) is 6.23. The van der Waals surface area contributed by atoms with Gasteiger partial charge in [0.2, 0.25) is 0 Å². The lowest BCUT2D eigenvalue weighted by molar-refractivity contribution is -0.137. The molecule has 0 atom stereocenters. The highest BCUT2D eigenvalue weighted by Crippen LogP contribution is 2.28. The van der Waals surface area contributed by atoms with Crippen LogP contribution in [0.1, 0.15) is 16.7 Å². The molecule has 0 aliphatic rings. The third kappa shape index (κ3) is 3.94. The second-order valence-electron chi connectivity index (χ2n) is 4.64. The molecule has 0 aliphatic heterocycles. The van der Waals surface area contributed by atoms with E-state index in [0.29, 0.717) is 0 Å². The van der Waals surface area contributed by atoms with Gasteiger partial charge in [0, 0.05) is 6.21 Å². The first-order chi connectivity index (χ1) is 10.2. The van der Waals surface area contributed by atoms with Gasteiger partial charge in [-0.05, 0) is 36.8 Å². The Bertz CT molecular complexity index is 777. The van der Waals surface area contributed by atoms with Crippen LogP contribution >= 0.6 is 0 Å². The number of hydrogen-bond donors (Lipinski definition) is 0. The molecular formula is C15H12F3NO2S. The summed E-state index contributed by atoms with van der Waals surface area (Å²) >= 11 is 0. The third-order valence-corrected chi connectivity index (χ3v) is 4.15. The topological polar surface area (TPSA) is 46.5 Å². The summed E-state index contributed by atoms with van der Waals surface area (Å²) in [5.41, 5.74) is 0.375. The number of sulfonamides is 1. The minimum Gasteiger partial charge on any atom is -0.199 e. The molecule has 3 nitrogen and oxygen atoms in total. The monoisotopic (exact) mass is 327 g/mol. The van der Waals surface area contributed by atoms with E-state index in [1.54, 1.807) is 12.1 Å². The molecule has 116 valence electrons. The zero-order valence-electron chi connectivity index (χ0n) is 11.5. The van der Waals surface area contributed by atoms with Crippen molar-refractivity contribution in [1.82, 2.24) is 0 Å². The Labute approximate surface area is 126 Å². The molecule has 0 unspecified atom stereocenters. The van der Waals surface area contributed by atoms with Crippen molar-refractivity contribution in [2.24, 2.45) is 4.40 Å². The molecule has 0 fully saturated rings. The maximum absolute atomic E-state index is 12.4. The highest BCUT2D eigenvalue weighted by Gasteiger charge is 2.29. The van der Waals surface area contributed by atoms with Gasteiger partial charge in [-0.3, -0.25) is 0 Å². The predicted octanol–water partition coefficient (Wildman–Crippen LogP) is 3.82. The van der Waals surface area contributed by atoms with Crippen molar-refractivity contribution in [1.29, 1.82) is 0 Å². The molecule has 2 aromatic carbocycles. The van der Waals surface area contributed by atoms with E-state index in [0.717, 1.165) is 36.0 Å². The van der Waals surface area contributed by atoms with Gasteiger partial charge in [0.1, 0.15) is 0 Å². The van der Waals surface area contributed by atoms with Gasteiger partial charge in [-0.1, -0.05) is 29.8 Å². The molecule has 0 bridgehead atoms. The molecule has 0 spiro atoms. The zero-order valence-corrected chi connectivity index (χ0v) is 12.3. The summed E-state index contributed by atoms with van der Waals surface area (Å²) in [6.07, 6.45) is -3.40. The zero-order chi connectivity index (χ0) is 16.4. The molecule has 0 saturated heterocycles. The van der Waals surface area contributed by atoms with Gasteiger partial charge in [0.05, 0.1) is 10.5 Å². The van der Waals surface area contributed by atoms with Crippen molar-refractivity contribution in [3.63, 3.8) is 0 Å². The Morgan fingerprint density at radius 3 is 2.00 bits per heavy atom. The molecule has 2 aromatic rings. The average Bonchev–Trinajstić information content (AvgIpc) is 2.45. The van der Waals surface area contributed by atoms with Crippen LogP contribution in [0.4, 0.5) is 13.2 Å². The molecule has 0 N–H and O–H groups in total. The summed E-state index contributed by atoms with van der Waals surface area (Å²) in [4.78, 5) is 0.0289. The molecule has 0 saturated carbocycles. The number of halogens is 3. The second kappa shape index (κ2) is 5.92. The maximum atomic E-state index is 12.4. The highest BCUT2D eigenvalue weighted by atomic mass is 32.2. The Kier molecular flexibility index (Phi) is 4.37. The van der Waals surface area contributed by atoms with E-state index in [4.69, 9.17) is 0 Å². The van der Waals surface area contributed by atoms with Crippen molar-refractivity contribution in [3.05, 3.63) is 65.2 Å². The van der Waals surface area contributed by atoms with Crippen LogP contribution in [-0.4, -0.2) is 14.6 Å². The predicted molar refractivity (Wildman–Crippen MR) is 77.4 cm³/mol. The summed E-state index contributed by atoms with van der Waals surface area (Å²) in [5, 5.41) is 0. The van der Waals surface area contributed by atoms with Crippen LogP contribution in [-0.2, 0) is 16.2 Å². The van der Waals surface area contributed by atoms with Crippen LogP contribution in [0.5, 0.6) is 0 Å². The van der Waals surface area contributed by atoms with Crippen LogP contribution in [0.25, 0.3) is 0 Å². The second-order valence-corrected chi connectivity index (χ2v) is 6.27. The molecule has 22 heavy (non-hydrogen) atoms. The van der Waals surface area contributed by atoms with E-state index in [2.05, 4.69) is 4.40 Å². The van der Waals surface area contributed by atoms with E-state index in [1.165, 1.54) is 12.1 Å². The van der Waals surface area contributed by atoms with Gasteiger partial charge in [0.25, 0.3) is 10.0 Å². The van der Waals surface area contributed by atoms with Gasteiger partial charge in [-0.25, -0.2) is 0 Å². The average molecular weight is 327 g/mol. The SMILES string of the molecule is Cc1ccc(S(=O)(=O)/N=C/c2ccc(C(F)(F)F)cc2)cc1. The van der Waals surface area contributed by atoms with Gasteiger partial charge in [-0.15, -0.1) is 0 Å². The fourth-order valence-electron chi connectivity index (χ4n) is 1.66. The lowest BCUT2D eigenvalue weighted by atomic mass is 10.1. The van der Waals surface area contributed by atoms with Gasteiger partial charge >= 0.3 is 6.18 Å². The quantitative estimate of drug-likeness (QED) is 0.805. The number of nitrogens with zero attached hydrogens (tertiary/aromatic N) is 1. The molecule has 0 amide bonds. The summed E-state index contributed by atoms with van der Waals surface area (Å²) in [6.45, 7) is 1.82. The minimum atomic E-state index is -4.43. The van der Waals surface area contributed by atoms with E-state index < -0.39 is 21.8 Å². The van der Waals surface area contributed by atoms with Gasteiger partial charge in [-0.2, -0.15) is 26.0 Å². The lowest BCUT2D eigenvalue weighted by Gasteiger charge is -2.05. The Morgan fingerprint density at radius 2 is 1.50 bits per heavy atom. The van der Waals surface area contributed by atoms with Crippen molar-refractivity contribution >= 4 is 16.2 Å². The van der Waals surface area contributed by atoms with E-state index in [1.807, 2.05) is 6.92 Å². The highest BCUT2D eigenvalue weighted by molar-refractivity contribution is 7.90. The number of aryl methyl sites for hydroxylation is 1. The lowest BCUT2D eigenvalue weighted by Crippen LogP contribution is -2.04. The molecule has 0 radical (unpaired) electrons. The fraction of sp³-hybridized carbons (Fsp3) is 0.133. The van der Waals surface area contributed by atoms with E-state index >= 15 is 0 Å². The van der Waals surface area contributed by atoms with Gasteiger partial charge in [0.15, 0.2) is 0 Å².